The molecule has 2 atom stereocenters. The highest BCUT2D eigenvalue weighted by Gasteiger charge is 2.14. The molecule has 1 amide bonds. The molecule has 0 aliphatic heterocycles. The molecule has 0 fully saturated rings. The third-order valence-electron chi connectivity index (χ3n) is 3.09. The Bertz CT molecular complexity index is 467. The molecule has 1 rings (SSSR count). The zero-order chi connectivity index (χ0) is 14.3. The molecule has 0 aromatic heterocycles. The number of amides is 1. The minimum atomic E-state index is -0.446. The maximum Gasteiger partial charge on any atom is 0.220 e. The number of hydrogen-bond acceptors (Lipinski definition) is 2. The topological polar surface area (TPSA) is 52.9 Å². The van der Waals surface area contributed by atoms with Gasteiger partial charge in [0.1, 0.15) is 5.82 Å². The van der Waals surface area contributed by atoms with Gasteiger partial charge >= 0.3 is 0 Å². The summed E-state index contributed by atoms with van der Waals surface area (Å²) < 4.78 is 13.1. The first kappa shape index (κ1) is 15.2. The second kappa shape index (κ2) is 7.52. The summed E-state index contributed by atoms with van der Waals surface area (Å²) in [5.74, 6) is -0.869. The summed E-state index contributed by atoms with van der Waals surface area (Å²) in [5.41, 5.74) is 0.624. The van der Waals surface area contributed by atoms with E-state index in [0.717, 1.165) is 6.42 Å². The number of carbonyl (C=O) groups excluding carboxylic acids is 1. The predicted octanol–water partition coefficient (Wildman–Crippen LogP) is 3.13. The maximum absolute atomic E-state index is 13.1. The third-order valence-corrected chi connectivity index (χ3v) is 3.09. The molecule has 2 unspecified atom stereocenters. The molecule has 1 N–H and O–H groups in total. The first-order valence-corrected chi connectivity index (χ1v) is 6.51. The monoisotopic (exact) mass is 262 g/mol. The highest BCUT2D eigenvalue weighted by atomic mass is 19.1. The van der Waals surface area contributed by atoms with Gasteiger partial charge in [0, 0.05) is 12.5 Å². The van der Waals surface area contributed by atoms with Crippen molar-refractivity contribution in [1.29, 1.82) is 5.26 Å². The Labute approximate surface area is 113 Å². The van der Waals surface area contributed by atoms with E-state index in [1.54, 1.807) is 12.1 Å². The summed E-state index contributed by atoms with van der Waals surface area (Å²) in [6.07, 6.45) is 1.55. The Kier molecular flexibility index (Phi) is 6.01. The molecule has 0 aliphatic rings. The van der Waals surface area contributed by atoms with Crippen molar-refractivity contribution in [2.24, 2.45) is 0 Å². The van der Waals surface area contributed by atoms with Gasteiger partial charge < -0.3 is 5.32 Å². The molecule has 1 aromatic rings. The van der Waals surface area contributed by atoms with Crippen LogP contribution in [0.25, 0.3) is 0 Å². The van der Waals surface area contributed by atoms with Crippen LogP contribution in [0.5, 0.6) is 0 Å². The van der Waals surface area contributed by atoms with E-state index in [0.29, 0.717) is 12.0 Å². The normalized spacial score (nSPS) is 13.4. The molecular formula is C15H19FN2O. The molecule has 0 radical (unpaired) electrons. The lowest BCUT2D eigenvalue weighted by atomic mass is 9.95. The largest absolute Gasteiger partial charge is 0.354 e. The Morgan fingerprint density at radius 1 is 1.53 bits per heavy atom. The smallest absolute Gasteiger partial charge is 0.220 e. The lowest BCUT2D eigenvalue weighted by Gasteiger charge is -2.13. The van der Waals surface area contributed by atoms with Gasteiger partial charge in [0.2, 0.25) is 5.91 Å². The van der Waals surface area contributed by atoms with Crippen LogP contribution in [-0.2, 0) is 4.79 Å². The average molecular weight is 262 g/mol. The Balaban J connectivity index is 2.55. The molecule has 19 heavy (non-hydrogen) atoms. The average Bonchev–Trinajstić information content (AvgIpc) is 2.39. The van der Waals surface area contributed by atoms with Crippen molar-refractivity contribution in [3.05, 3.63) is 35.6 Å². The highest BCUT2D eigenvalue weighted by molar-refractivity contribution is 5.76. The van der Waals surface area contributed by atoms with E-state index in [4.69, 9.17) is 5.26 Å². The summed E-state index contributed by atoms with van der Waals surface area (Å²) >= 11 is 0. The van der Waals surface area contributed by atoms with Crippen LogP contribution in [0.1, 0.15) is 44.6 Å². The molecule has 3 nitrogen and oxygen atoms in total. The first-order chi connectivity index (χ1) is 9.06. The molecule has 0 saturated heterocycles. The fraction of sp³-hybridized carbons (Fsp3) is 0.467. The molecule has 0 aliphatic carbocycles. The molecule has 102 valence electrons. The van der Waals surface area contributed by atoms with Crippen LogP contribution in [0.4, 0.5) is 4.39 Å². The zero-order valence-electron chi connectivity index (χ0n) is 11.3. The number of nitrogens with one attached hydrogen (secondary N) is 1. The van der Waals surface area contributed by atoms with E-state index in [-0.39, 0.29) is 24.2 Å². The SMILES string of the molecule is CCC(C)NC(=O)CCC(C#N)c1cccc(F)c1. The number of hydrogen-bond donors (Lipinski definition) is 1. The van der Waals surface area contributed by atoms with Gasteiger partial charge in [0.15, 0.2) is 0 Å². The van der Waals surface area contributed by atoms with Gasteiger partial charge in [0.25, 0.3) is 0 Å². The second-order valence-electron chi connectivity index (χ2n) is 4.65. The predicted molar refractivity (Wildman–Crippen MR) is 71.9 cm³/mol. The zero-order valence-corrected chi connectivity index (χ0v) is 11.3. The summed E-state index contributed by atoms with van der Waals surface area (Å²) in [6.45, 7) is 3.93. The second-order valence-corrected chi connectivity index (χ2v) is 4.65. The van der Waals surface area contributed by atoms with Crippen LogP contribution in [0.3, 0.4) is 0 Å². The van der Waals surface area contributed by atoms with E-state index < -0.39 is 5.92 Å². The number of nitriles is 1. The van der Waals surface area contributed by atoms with Gasteiger partial charge in [-0.05, 0) is 37.5 Å². The van der Waals surface area contributed by atoms with Gasteiger partial charge in [-0.1, -0.05) is 19.1 Å². The number of benzene rings is 1. The molecule has 4 heteroatoms. The molecule has 1 aromatic carbocycles. The van der Waals surface area contributed by atoms with Crippen LogP contribution < -0.4 is 5.32 Å². The summed E-state index contributed by atoms with van der Waals surface area (Å²) in [6, 6.07) is 8.24. The van der Waals surface area contributed by atoms with Crippen molar-refractivity contribution in [2.75, 3.05) is 0 Å². The number of carbonyl (C=O) groups is 1. The quantitative estimate of drug-likeness (QED) is 0.856. The van der Waals surface area contributed by atoms with Gasteiger partial charge in [-0.15, -0.1) is 0 Å². The summed E-state index contributed by atoms with van der Waals surface area (Å²) in [4.78, 5) is 11.6. The number of nitrogens with zero attached hydrogens (tertiary/aromatic N) is 1. The van der Waals surface area contributed by atoms with Crippen molar-refractivity contribution < 1.29 is 9.18 Å². The minimum Gasteiger partial charge on any atom is -0.354 e. The third kappa shape index (κ3) is 5.09. The first-order valence-electron chi connectivity index (χ1n) is 6.51. The van der Waals surface area contributed by atoms with Gasteiger partial charge in [-0.3, -0.25) is 4.79 Å². The van der Waals surface area contributed by atoms with Crippen molar-refractivity contribution in [3.8, 4) is 6.07 Å². The van der Waals surface area contributed by atoms with Crippen LogP contribution in [0, 0.1) is 17.1 Å². The van der Waals surface area contributed by atoms with Gasteiger partial charge in [0.05, 0.1) is 12.0 Å². The number of halogens is 1. The van der Waals surface area contributed by atoms with E-state index >= 15 is 0 Å². The van der Waals surface area contributed by atoms with Crippen LogP contribution in [0.2, 0.25) is 0 Å². The molecule has 0 saturated carbocycles. The fourth-order valence-electron chi connectivity index (χ4n) is 1.75. The fourth-order valence-corrected chi connectivity index (χ4v) is 1.75. The van der Waals surface area contributed by atoms with Crippen LogP contribution >= 0.6 is 0 Å². The van der Waals surface area contributed by atoms with Crippen molar-refractivity contribution in [1.82, 2.24) is 5.32 Å². The Hall–Kier alpha value is -1.89. The minimum absolute atomic E-state index is 0.0639. The molecule has 0 heterocycles. The van der Waals surface area contributed by atoms with Crippen molar-refractivity contribution in [2.45, 2.75) is 45.1 Å². The lowest BCUT2D eigenvalue weighted by molar-refractivity contribution is -0.121. The van der Waals surface area contributed by atoms with Crippen molar-refractivity contribution >= 4 is 5.91 Å². The van der Waals surface area contributed by atoms with Crippen LogP contribution in [0.15, 0.2) is 24.3 Å². The van der Waals surface area contributed by atoms with E-state index in [1.165, 1.54) is 12.1 Å². The summed E-state index contributed by atoms with van der Waals surface area (Å²) in [5, 5.41) is 12.0. The molecule has 0 spiro atoms. The Morgan fingerprint density at radius 3 is 2.84 bits per heavy atom. The maximum atomic E-state index is 13.1. The van der Waals surface area contributed by atoms with E-state index in [9.17, 15) is 9.18 Å². The van der Waals surface area contributed by atoms with E-state index in [2.05, 4.69) is 11.4 Å². The lowest BCUT2D eigenvalue weighted by Crippen LogP contribution is -2.31. The summed E-state index contributed by atoms with van der Waals surface area (Å²) in [7, 11) is 0. The van der Waals surface area contributed by atoms with Crippen molar-refractivity contribution in [3.63, 3.8) is 0 Å². The Morgan fingerprint density at radius 2 is 2.26 bits per heavy atom. The van der Waals surface area contributed by atoms with Crippen LogP contribution in [-0.4, -0.2) is 11.9 Å². The van der Waals surface area contributed by atoms with Gasteiger partial charge in [-0.2, -0.15) is 5.26 Å². The molecular weight excluding hydrogens is 243 g/mol. The molecule has 0 bridgehead atoms. The number of rotatable bonds is 6. The standard InChI is InChI=1S/C15H19FN2O/c1-3-11(2)18-15(19)8-7-13(10-17)12-5-4-6-14(16)9-12/h4-6,9,11,13H,3,7-8H2,1-2H3,(H,18,19). The van der Waals surface area contributed by atoms with E-state index in [1.807, 2.05) is 13.8 Å². The van der Waals surface area contributed by atoms with Gasteiger partial charge in [-0.25, -0.2) is 4.39 Å². The highest BCUT2D eigenvalue weighted by Crippen LogP contribution is 2.21.